The van der Waals surface area contributed by atoms with E-state index < -0.39 is 0 Å². The van der Waals surface area contributed by atoms with Crippen LogP contribution in [0.4, 0.5) is 0 Å². The average molecular weight is 327 g/mol. The highest BCUT2D eigenvalue weighted by Gasteiger charge is 2.19. The first-order chi connectivity index (χ1) is 9.26. The molecule has 2 aromatic heterocycles. The molecule has 6 heteroatoms. The summed E-state index contributed by atoms with van der Waals surface area (Å²) in [6.45, 7) is 6.03. The molecule has 5 nitrogen and oxygen atoms in total. The van der Waals surface area contributed by atoms with Gasteiger partial charge in [0.2, 0.25) is 0 Å². The summed E-state index contributed by atoms with van der Waals surface area (Å²) in [4.78, 5) is 4.36. The van der Waals surface area contributed by atoms with Crippen LogP contribution in [-0.2, 0) is 13.0 Å². The average Bonchev–Trinajstić information content (AvgIpc) is 2.99. The van der Waals surface area contributed by atoms with Crippen molar-refractivity contribution in [2.45, 2.75) is 39.3 Å². The van der Waals surface area contributed by atoms with E-state index in [1.807, 2.05) is 10.7 Å². The summed E-state index contributed by atoms with van der Waals surface area (Å²) in [5.41, 5.74) is 1.12. The van der Waals surface area contributed by atoms with Crippen LogP contribution in [-0.4, -0.2) is 21.3 Å². The Hall–Kier alpha value is -1.14. The Morgan fingerprint density at radius 3 is 2.95 bits per heavy atom. The van der Waals surface area contributed by atoms with Crippen LogP contribution in [0, 0.1) is 0 Å². The van der Waals surface area contributed by atoms with Gasteiger partial charge in [-0.3, -0.25) is 4.68 Å². The van der Waals surface area contributed by atoms with Gasteiger partial charge in [-0.2, -0.15) is 5.10 Å². The molecule has 0 aliphatic carbocycles. The van der Waals surface area contributed by atoms with E-state index in [9.17, 15) is 0 Å². The highest BCUT2D eigenvalue weighted by Crippen LogP contribution is 2.26. The first-order valence-electron chi connectivity index (χ1n) is 6.59. The molecule has 2 rings (SSSR count). The molecule has 0 radical (unpaired) electrons. The number of likely N-dealkylation sites (N-methyl/N-ethyl adjacent to an activating group) is 1. The molecule has 1 unspecified atom stereocenters. The summed E-state index contributed by atoms with van der Waals surface area (Å²) in [5, 5.41) is 7.73. The van der Waals surface area contributed by atoms with E-state index in [1.54, 1.807) is 12.6 Å². The van der Waals surface area contributed by atoms with Crippen molar-refractivity contribution in [3.05, 3.63) is 34.7 Å². The quantitative estimate of drug-likeness (QED) is 0.849. The third kappa shape index (κ3) is 3.45. The fourth-order valence-corrected chi connectivity index (χ4v) is 2.64. The van der Waals surface area contributed by atoms with Gasteiger partial charge in [0.15, 0.2) is 4.67 Å². The van der Waals surface area contributed by atoms with Crippen molar-refractivity contribution < 1.29 is 4.42 Å². The van der Waals surface area contributed by atoms with Crippen LogP contribution in [0.1, 0.15) is 37.7 Å². The summed E-state index contributed by atoms with van der Waals surface area (Å²) < 4.78 is 8.07. The number of aromatic nitrogens is 3. The van der Waals surface area contributed by atoms with Crippen LogP contribution < -0.4 is 5.32 Å². The molecule has 0 aliphatic heterocycles. The maximum Gasteiger partial charge on any atom is 0.173 e. The number of nitrogens with zero attached hydrogens (tertiary/aromatic N) is 3. The lowest BCUT2D eigenvalue weighted by Gasteiger charge is -2.17. The number of halogens is 1. The first-order valence-corrected chi connectivity index (χ1v) is 7.38. The summed E-state index contributed by atoms with van der Waals surface area (Å²) in [6.07, 6.45) is 5.17. The number of nitrogens with one attached hydrogen (secondary N) is 1. The van der Waals surface area contributed by atoms with Gasteiger partial charge < -0.3 is 9.73 Å². The highest BCUT2D eigenvalue weighted by atomic mass is 79.9. The van der Waals surface area contributed by atoms with Gasteiger partial charge >= 0.3 is 0 Å². The maximum absolute atomic E-state index is 5.32. The van der Waals surface area contributed by atoms with Crippen LogP contribution in [0.3, 0.4) is 0 Å². The molecule has 0 bridgehead atoms. The molecule has 1 atom stereocenters. The van der Waals surface area contributed by atoms with Crippen molar-refractivity contribution in [2.75, 3.05) is 6.54 Å². The molecular formula is C13H19BrN4O. The second-order valence-corrected chi connectivity index (χ2v) is 5.08. The Labute approximate surface area is 121 Å². The second-order valence-electron chi connectivity index (χ2n) is 4.36. The number of hydrogen-bond donors (Lipinski definition) is 1. The van der Waals surface area contributed by atoms with Crippen LogP contribution in [0.2, 0.25) is 0 Å². The van der Waals surface area contributed by atoms with Gasteiger partial charge in [-0.1, -0.05) is 13.8 Å². The number of rotatable bonds is 7. The molecule has 0 aromatic carbocycles. The van der Waals surface area contributed by atoms with E-state index in [0.717, 1.165) is 42.0 Å². The molecule has 0 aliphatic rings. The summed E-state index contributed by atoms with van der Waals surface area (Å²) in [7, 11) is 0. The Morgan fingerprint density at radius 1 is 1.47 bits per heavy atom. The summed E-state index contributed by atoms with van der Waals surface area (Å²) in [6, 6.07) is 2.16. The van der Waals surface area contributed by atoms with E-state index >= 15 is 0 Å². The molecular weight excluding hydrogens is 308 g/mol. The fraction of sp³-hybridized carbons (Fsp3) is 0.538. The van der Waals surface area contributed by atoms with Gasteiger partial charge in [-0.15, -0.1) is 0 Å². The van der Waals surface area contributed by atoms with E-state index in [1.165, 1.54) is 0 Å². The van der Waals surface area contributed by atoms with Crippen molar-refractivity contribution >= 4 is 15.9 Å². The predicted molar refractivity (Wildman–Crippen MR) is 76.8 cm³/mol. The topological polar surface area (TPSA) is 55.9 Å². The summed E-state index contributed by atoms with van der Waals surface area (Å²) in [5.74, 6) is 1.00. The van der Waals surface area contributed by atoms with Gasteiger partial charge in [0.05, 0.1) is 6.26 Å². The van der Waals surface area contributed by atoms with Gasteiger partial charge in [-0.05, 0) is 35.0 Å². The van der Waals surface area contributed by atoms with Crippen molar-refractivity contribution in [1.82, 2.24) is 20.1 Å². The normalized spacial score (nSPS) is 12.8. The lowest BCUT2D eigenvalue weighted by molar-refractivity contribution is 0.482. The first kappa shape index (κ1) is 14.3. The fourth-order valence-electron chi connectivity index (χ4n) is 2.12. The number of aryl methyl sites for hydroxylation is 1. The Balaban J connectivity index is 2.17. The maximum atomic E-state index is 5.32. The van der Waals surface area contributed by atoms with Crippen LogP contribution >= 0.6 is 15.9 Å². The van der Waals surface area contributed by atoms with E-state index in [2.05, 4.69) is 45.2 Å². The molecule has 2 aromatic rings. The smallest absolute Gasteiger partial charge is 0.173 e. The predicted octanol–water partition coefficient (Wildman–Crippen LogP) is 2.94. The zero-order valence-electron chi connectivity index (χ0n) is 11.3. The van der Waals surface area contributed by atoms with Crippen molar-refractivity contribution in [1.29, 1.82) is 0 Å². The third-order valence-corrected chi connectivity index (χ3v) is 3.63. The second kappa shape index (κ2) is 6.86. The lowest BCUT2D eigenvalue weighted by atomic mass is 10.1. The van der Waals surface area contributed by atoms with Gasteiger partial charge in [0.25, 0.3) is 0 Å². The van der Waals surface area contributed by atoms with Crippen molar-refractivity contribution in [3.63, 3.8) is 0 Å². The van der Waals surface area contributed by atoms with Crippen molar-refractivity contribution in [3.8, 4) is 0 Å². The molecule has 0 saturated carbocycles. The zero-order valence-corrected chi connectivity index (χ0v) is 12.9. The van der Waals surface area contributed by atoms with E-state index in [-0.39, 0.29) is 6.04 Å². The minimum atomic E-state index is 0.179. The zero-order chi connectivity index (χ0) is 13.7. The molecule has 0 saturated heterocycles. The van der Waals surface area contributed by atoms with Crippen LogP contribution in [0.5, 0.6) is 0 Å². The van der Waals surface area contributed by atoms with Crippen molar-refractivity contribution in [2.24, 2.45) is 0 Å². The highest BCUT2D eigenvalue weighted by molar-refractivity contribution is 9.10. The van der Waals surface area contributed by atoms with Crippen LogP contribution in [0.15, 0.2) is 27.7 Å². The lowest BCUT2D eigenvalue weighted by Crippen LogP contribution is -2.24. The molecule has 2 heterocycles. The Bertz CT molecular complexity index is 508. The minimum Gasteiger partial charge on any atom is -0.457 e. The summed E-state index contributed by atoms with van der Waals surface area (Å²) >= 11 is 3.44. The van der Waals surface area contributed by atoms with E-state index in [4.69, 9.17) is 4.42 Å². The minimum absolute atomic E-state index is 0.179. The van der Waals surface area contributed by atoms with Gasteiger partial charge in [0.1, 0.15) is 12.2 Å². The molecule has 104 valence electrons. The third-order valence-electron chi connectivity index (χ3n) is 2.99. The van der Waals surface area contributed by atoms with E-state index in [0.29, 0.717) is 0 Å². The van der Waals surface area contributed by atoms with Gasteiger partial charge in [-0.25, -0.2) is 4.98 Å². The largest absolute Gasteiger partial charge is 0.457 e. The molecule has 0 amide bonds. The monoisotopic (exact) mass is 326 g/mol. The van der Waals surface area contributed by atoms with Gasteiger partial charge in [0, 0.05) is 24.6 Å². The number of furan rings is 1. The molecule has 1 N–H and O–H groups in total. The molecule has 0 fully saturated rings. The number of hydrogen-bond acceptors (Lipinski definition) is 4. The van der Waals surface area contributed by atoms with Crippen LogP contribution in [0.25, 0.3) is 0 Å². The molecule has 0 spiro atoms. The Kier molecular flexibility index (Phi) is 5.15. The standard InChI is InChI=1S/C13H19BrN4O/c1-3-6-18-12(16-9-17-18)8-11(15-4-2)10-5-7-19-13(10)14/h5,7,9,11,15H,3-4,6,8H2,1-2H3. The molecule has 19 heavy (non-hydrogen) atoms. The Morgan fingerprint density at radius 2 is 2.32 bits per heavy atom. The SMILES string of the molecule is CCCn1ncnc1CC(NCC)c1ccoc1Br.